The number of nitrogens with zero attached hydrogens (tertiary/aromatic N) is 3. The summed E-state index contributed by atoms with van der Waals surface area (Å²) in [5.41, 5.74) is -0.0842. The fourth-order valence-electron chi connectivity index (χ4n) is 4.25. The number of carbonyl (C=O) groups is 1. The normalized spacial score (nSPS) is 26.0. The molecule has 1 aromatic rings. The minimum atomic E-state index is -0.523. The van der Waals surface area contributed by atoms with Gasteiger partial charge in [-0.2, -0.15) is 0 Å². The summed E-state index contributed by atoms with van der Waals surface area (Å²) in [5, 5.41) is 10.6. The summed E-state index contributed by atoms with van der Waals surface area (Å²) in [7, 11) is 0. The van der Waals surface area contributed by atoms with Gasteiger partial charge in [-0.15, -0.1) is 0 Å². The number of halogens is 1. The molecule has 1 atom stereocenters. The van der Waals surface area contributed by atoms with Crippen molar-refractivity contribution < 1.29 is 14.3 Å². The van der Waals surface area contributed by atoms with Crippen LogP contribution in [0.2, 0.25) is 0 Å². The molecule has 2 saturated heterocycles. The van der Waals surface area contributed by atoms with Gasteiger partial charge in [0.2, 0.25) is 5.91 Å². The third-order valence-electron chi connectivity index (χ3n) is 6.14. The second-order valence-corrected chi connectivity index (χ2v) is 8.19. The van der Waals surface area contributed by atoms with Crippen LogP contribution in [0.3, 0.4) is 0 Å². The summed E-state index contributed by atoms with van der Waals surface area (Å²) < 4.78 is 13.8. The Balaban J connectivity index is 1.67. The molecule has 1 amide bonds. The van der Waals surface area contributed by atoms with E-state index in [1.807, 2.05) is 18.7 Å². The van der Waals surface area contributed by atoms with Gasteiger partial charge < -0.3 is 10.0 Å². The molecule has 1 spiro atoms. The highest BCUT2D eigenvalue weighted by atomic mass is 19.1. The molecule has 3 heterocycles. The number of aromatic nitrogens is 1. The highest BCUT2D eigenvalue weighted by Crippen LogP contribution is 2.45. The molecule has 3 rings (SSSR count). The summed E-state index contributed by atoms with van der Waals surface area (Å²) in [6, 6.07) is 3.05. The van der Waals surface area contributed by atoms with Crippen LogP contribution < -0.4 is 0 Å². The van der Waals surface area contributed by atoms with Gasteiger partial charge >= 0.3 is 0 Å². The third-order valence-corrected chi connectivity index (χ3v) is 6.14. The first-order valence-corrected chi connectivity index (χ1v) is 9.02. The van der Waals surface area contributed by atoms with Gasteiger partial charge in [-0.25, -0.2) is 4.39 Å². The van der Waals surface area contributed by atoms with Gasteiger partial charge in [0.05, 0.1) is 17.3 Å². The molecule has 0 radical (unpaired) electrons. The van der Waals surface area contributed by atoms with E-state index in [1.165, 1.54) is 6.07 Å². The van der Waals surface area contributed by atoms with Crippen molar-refractivity contribution in [3.05, 3.63) is 29.8 Å². The van der Waals surface area contributed by atoms with Crippen molar-refractivity contribution in [3.8, 4) is 0 Å². The van der Waals surface area contributed by atoms with Crippen LogP contribution in [0.5, 0.6) is 0 Å². The predicted molar refractivity (Wildman–Crippen MR) is 93.2 cm³/mol. The van der Waals surface area contributed by atoms with Crippen molar-refractivity contribution in [3.63, 3.8) is 0 Å². The number of piperidine rings is 2. The van der Waals surface area contributed by atoms with Crippen LogP contribution in [-0.4, -0.2) is 57.1 Å². The predicted octanol–water partition coefficient (Wildman–Crippen LogP) is 2.19. The fraction of sp³-hybridized carbons (Fsp3) is 0.684. The molecule has 0 aromatic carbocycles. The van der Waals surface area contributed by atoms with Gasteiger partial charge in [0.15, 0.2) is 0 Å². The van der Waals surface area contributed by atoms with Crippen molar-refractivity contribution in [1.82, 2.24) is 14.8 Å². The summed E-state index contributed by atoms with van der Waals surface area (Å²) in [5.74, 6) is -0.249. The minimum Gasteiger partial charge on any atom is -0.391 e. The Labute approximate surface area is 148 Å². The Bertz CT molecular complexity index is 641. The van der Waals surface area contributed by atoms with E-state index in [-0.39, 0.29) is 17.1 Å². The molecular formula is C19H28FN3O2. The van der Waals surface area contributed by atoms with Gasteiger partial charge in [-0.05, 0) is 63.7 Å². The monoisotopic (exact) mass is 349 g/mol. The van der Waals surface area contributed by atoms with E-state index in [0.717, 1.165) is 32.4 Å². The highest BCUT2D eigenvalue weighted by molar-refractivity contribution is 5.74. The van der Waals surface area contributed by atoms with E-state index in [4.69, 9.17) is 0 Å². The number of aliphatic hydroxyl groups excluding tert-OH is 1. The molecule has 5 nitrogen and oxygen atoms in total. The van der Waals surface area contributed by atoms with Gasteiger partial charge in [0.25, 0.3) is 0 Å². The van der Waals surface area contributed by atoms with E-state index < -0.39 is 11.6 Å². The van der Waals surface area contributed by atoms with Crippen molar-refractivity contribution in [2.24, 2.45) is 5.41 Å². The Kier molecular flexibility index (Phi) is 4.86. The number of rotatable bonds is 2. The smallest absolute Gasteiger partial charge is 0.219 e. The quantitative estimate of drug-likeness (QED) is 0.889. The van der Waals surface area contributed by atoms with Crippen LogP contribution in [0.25, 0.3) is 0 Å². The molecule has 0 saturated carbocycles. The molecule has 0 bridgehead atoms. The van der Waals surface area contributed by atoms with Crippen LogP contribution in [0.4, 0.5) is 4.39 Å². The zero-order valence-corrected chi connectivity index (χ0v) is 15.3. The Morgan fingerprint density at radius 3 is 2.68 bits per heavy atom. The molecule has 2 aliphatic rings. The lowest BCUT2D eigenvalue weighted by Crippen LogP contribution is -2.64. The largest absolute Gasteiger partial charge is 0.391 e. The van der Waals surface area contributed by atoms with E-state index >= 15 is 0 Å². The molecule has 2 aliphatic heterocycles. The van der Waals surface area contributed by atoms with Crippen molar-refractivity contribution >= 4 is 5.91 Å². The molecule has 25 heavy (non-hydrogen) atoms. The Morgan fingerprint density at radius 1 is 1.40 bits per heavy atom. The lowest BCUT2D eigenvalue weighted by molar-refractivity contribution is -0.157. The number of aliphatic hydroxyl groups is 1. The first-order chi connectivity index (χ1) is 11.7. The van der Waals surface area contributed by atoms with Crippen LogP contribution in [0.15, 0.2) is 18.3 Å². The van der Waals surface area contributed by atoms with Crippen molar-refractivity contribution in [2.75, 3.05) is 19.6 Å². The number of likely N-dealkylation sites (tertiary alicyclic amines) is 2. The standard InChI is InChI=1S/C19H28FN3O2/c1-14(24)23-13-19(11-17(25)18(23,2)3)6-9-22(10-7-19)12-16-15(20)5-4-8-21-16/h4-5,8,17,25H,6-7,9-13H2,1-3H3/t17-/m0/s1. The number of carbonyl (C=O) groups excluding carboxylic acids is 1. The van der Waals surface area contributed by atoms with Crippen LogP contribution in [0.1, 0.15) is 45.7 Å². The highest BCUT2D eigenvalue weighted by Gasteiger charge is 2.50. The Morgan fingerprint density at radius 2 is 2.08 bits per heavy atom. The maximum atomic E-state index is 13.8. The minimum absolute atomic E-state index is 0.0149. The number of hydrogen-bond acceptors (Lipinski definition) is 4. The fourth-order valence-corrected chi connectivity index (χ4v) is 4.25. The lowest BCUT2D eigenvalue weighted by Gasteiger charge is -2.55. The summed E-state index contributed by atoms with van der Waals surface area (Å²) in [4.78, 5) is 20.3. The van der Waals surface area contributed by atoms with E-state index in [1.54, 1.807) is 19.2 Å². The third kappa shape index (κ3) is 3.55. The molecule has 1 N–H and O–H groups in total. The lowest BCUT2D eigenvalue weighted by atomic mass is 9.67. The van der Waals surface area contributed by atoms with Crippen molar-refractivity contribution in [2.45, 2.75) is 58.2 Å². The molecular weight excluding hydrogens is 321 g/mol. The topological polar surface area (TPSA) is 56.7 Å². The number of amides is 1. The van der Waals surface area contributed by atoms with Gasteiger partial charge in [0, 0.05) is 26.2 Å². The van der Waals surface area contributed by atoms with Gasteiger partial charge in [0.1, 0.15) is 5.82 Å². The molecule has 2 fully saturated rings. The average molecular weight is 349 g/mol. The average Bonchev–Trinajstić information content (AvgIpc) is 2.55. The first-order valence-electron chi connectivity index (χ1n) is 9.02. The maximum absolute atomic E-state index is 13.8. The van der Waals surface area contributed by atoms with Crippen LogP contribution >= 0.6 is 0 Å². The van der Waals surface area contributed by atoms with Gasteiger partial charge in [-0.3, -0.25) is 14.7 Å². The second kappa shape index (κ2) is 6.65. The molecule has 0 aliphatic carbocycles. The summed E-state index contributed by atoms with van der Waals surface area (Å²) in [6.45, 7) is 8.30. The first kappa shape index (κ1) is 18.3. The summed E-state index contributed by atoms with van der Waals surface area (Å²) in [6.07, 6.45) is 3.62. The molecule has 138 valence electrons. The van der Waals surface area contributed by atoms with E-state index in [9.17, 15) is 14.3 Å². The van der Waals surface area contributed by atoms with Crippen LogP contribution in [-0.2, 0) is 11.3 Å². The zero-order valence-electron chi connectivity index (χ0n) is 15.3. The van der Waals surface area contributed by atoms with Crippen molar-refractivity contribution in [1.29, 1.82) is 0 Å². The number of pyridine rings is 1. The van der Waals surface area contributed by atoms with E-state index in [0.29, 0.717) is 18.8 Å². The number of hydrogen-bond donors (Lipinski definition) is 1. The molecule has 0 unspecified atom stereocenters. The zero-order chi connectivity index (χ0) is 18.2. The molecule has 1 aromatic heterocycles. The second-order valence-electron chi connectivity index (χ2n) is 8.19. The SMILES string of the molecule is CC(=O)N1CC2(CCN(Cc3ncccc3F)CC2)C[C@H](O)C1(C)C. The van der Waals surface area contributed by atoms with Crippen LogP contribution in [0, 0.1) is 11.2 Å². The van der Waals surface area contributed by atoms with Gasteiger partial charge in [-0.1, -0.05) is 0 Å². The maximum Gasteiger partial charge on any atom is 0.219 e. The van der Waals surface area contributed by atoms with E-state index in [2.05, 4.69) is 9.88 Å². The Hall–Kier alpha value is -1.53. The molecule has 6 heteroatoms. The summed E-state index contributed by atoms with van der Waals surface area (Å²) >= 11 is 0.